The van der Waals surface area contributed by atoms with Crippen LogP contribution in [-0.2, 0) is 16.6 Å². The van der Waals surface area contributed by atoms with E-state index in [0.29, 0.717) is 0 Å². The third kappa shape index (κ3) is 3.92. The van der Waals surface area contributed by atoms with Gasteiger partial charge in [0.05, 0.1) is 0 Å². The van der Waals surface area contributed by atoms with Crippen LogP contribution in [0.25, 0.3) is 0 Å². The van der Waals surface area contributed by atoms with E-state index in [2.05, 4.69) is 51.2 Å². The van der Waals surface area contributed by atoms with Crippen molar-refractivity contribution >= 4 is 6.19 Å². The first kappa shape index (κ1) is 18.9. The Kier molecular flexibility index (Phi) is 8.60. The topological polar surface area (TPSA) is 0 Å². The van der Waals surface area contributed by atoms with Gasteiger partial charge in [0.25, 0.3) is 0 Å². The van der Waals surface area contributed by atoms with E-state index in [0.717, 1.165) is 0 Å². The van der Waals surface area contributed by atoms with Crippen LogP contribution in [0.3, 0.4) is 0 Å². The van der Waals surface area contributed by atoms with Crippen LogP contribution in [0.5, 0.6) is 0 Å². The maximum Gasteiger partial charge on any atom is -1.00 e. The molecule has 0 N–H and O–H groups in total. The van der Waals surface area contributed by atoms with E-state index in [-0.39, 0.29) is 40.1 Å². The van der Waals surface area contributed by atoms with Gasteiger partial charge >= 0.3 is 106 Å². The van der Waals surface area contributed by atoms with Gasteiger partial charge in [0.15, 0.2) is 0 Å². The zero-order valence-electron chi connectivity index (χ0n) is 11.5. The third-order valence-electron chi connectivity index (χ3n) is 3.44. The van der Waals surface area contributed by atoms with Crippen LogP contribution in [0.1, 0.15) is 26.7 Å². The molecule has 0 unspecified atom stereocenters. The van der Waals surface area contributed by atoms with Crippen molar-refractivity contribution in [2.24, 2.45) is 0 Å². The molecular formula is C14H20Br2SiTi. The molecule has 0 atom stereocenters. The standard InChI is InChI=1S/2C6H7.C2H6Si.2BrH.Ti/c2*1-6-4-2-3-5-6;1-3-2;;;/h2*2,4H,3H2,1H3;1-2H3;2*1H;/q;;;;;+2/p-2. The molecule has 4 heteroatoms. The van der Waals surface area contributed by atoms with Crippen LogP contribution in [0.15, 0.2) is 43.2 Å². The van der Waals surface area contributed by atoms with Gasteiger partial charge in [-0.05, 0) is 0 Å². The molecule has 0 amide bonds. The predicted octanol–water partition coefficient (Wildman–Crippen LogP) is -1.67. The van der Waals surface area contributed by atoms with Gasteiger partial charge in [-0.2, -0.15) is 0 Å². The van der Waals surface area contributed by atoms with Crippen molar-refractivity contribution in [3.8, 4) is 0 Å². The molecule has 2 aliphatic rings. The summed E-state index contributed by atoms with van der Waals surface area (Å²) >= 11 is -1.10. The SMILES string of the molecule is CC1=[C]([Ti+2]([C]2=C(C)C=CC2)=[Si](C)C)CC=C1.[Br-].[Br-]. The Morgan fingerprint density at radius 1 is 0.889 bits per heavy atom. The average molecular weight is 424 g/mol. The molecule has 0 heterocycles. The number of halogens is 2. The predicted molar refractivity (Wildman–Crippen MR) is 70.4 cm³/mol. The third-order valence-corrected chi connectivity index (χ3v) is 15.4. The van der Waals surface area contributed by atoms with Crippen LogP contribution < -0.4 is 34.0 Å². The molecule has 18 heavy (non-hydrogen) atoms. The Bertz CT molecular complexity index is 440. The van der Waals surface area contributed by atoms with E-state index in [1.54, 1.807) is 11.1 Å². The Morgan fingerprint density at radius 2 is 1.28 bits per heavy atom. The van der Waals surface area contributed by atoms with E-state index in [9.17, 15) is 0 Å². The largest absolute Gasteiger partial charge is 1.00 e. The van der Waals surface area contributed by atoms with E-state index < -0.39 is 16.6 Å². The summed E-state index contributed by atoms with van der Waals surface area (Å²) in [4.78, 5) is 0. The quantitative estimate of drug-likeness (QED) is 0.466. The summed E-state index contributed by atoms with van der Waals surface area (Å²) in [6, 6.07) is 0. The van der Waals surface area contributed by atoms with Crippen LogP contribution in [0.2, 0.25) is 13.1 Å². The first-order chi connectivity index (χ1) is 7.61. The van der Waals surface area contributed by atoms with Gasteiger partial charge < -0.3 is 34.0 Å². The Morgan fingerprint density at radius 3 is 1.50 bits per heavy atom. The molecule has 98 valence electrons. The van der Waals surface area contributed by atoms with Crippen molar-refractivity contribution in [2.45, 2.75) is 39.8 Å². The molecule has 0 radical (unpaired) electrons. The molecule has 0 aromatic carbocycles. The summed E-state index contributed by atoms with van der Waals surface area (Å²) in [6.07, 6.45) is 11.8. The number of hydrogen-bond donors (Lipinski definition) is 0. The summed E-state index contributed by atoms with van der Waals surface area (Å²) in [6.45, 7) is 9.68. The molecule has 0 aromatic heterocycles. The first-order valence-electron chi connectivity index (χ1n) is 6.02. The minimum Gasteiger partial charge on any atom is -1.00 e. The molecule has 0 nitrogen and oxygen atoms in total. The summed E-state index contributed by atoms with van der Waals surface area (Å²) < 4.78 is 3.72. The average Bonchev–Trinajstić information content (AvgIpc) is 2.79. The van der Waals surface area contributed by atoms with Crippen LogP contribution in [0, 0.1) is 0 Å². The van der Waals surface area contributed by atoms with Crippen LogP contribution in [0.4, 0.5) is 0 Å². The second-order valence-electron chi connectivity index (χ2n) is 4.91. The molecule has 0 bridgehead atoms. The van der Waals surface area contributed by atoms with Crippen molar-refractivity contribution in [1.29, 1.82) is 0 Å². The zero-order chi connectivity index (χ0) is 11.7. The van der Waals surface area contributed by atoms with Crippen molar-refractivity contribution in [3.63, 3.8) is 0 Å². The fourth-order valence-corrected chi connectivity index (χ4v) is 15.0. The van der Waals surface area contributed by atoms with Crippen molar-refractivity contribution < 1.29 is 50.6 Å². The molecule has 2 aliphatic carbocycles. The van der Waals surface area contributed by atoms with Gasteiger partial charge in [-0.1, -0.05) is 0 Å². The Hall–Kier alpha value is 0.851. The normalized spacial score (nSPS) is 16.4. The van der Waals surface area contributed by atoms with E-state index >= 15 is 0 Å². The minimum absolute atomic E-state index is 0. The minimum atomic E-state index is -1.10. The molecule has 2 rings (SSSR count). The molecule has 0 spiro atoms. The van der Waals surface area contributed by atoms with Gasteiger partial charge in [-0.15, -0.1) is 0 Å². The van der Waals surface area contributed by atoms with E-state index in [1.807, 2.05) is 7.76 Å². The molecular weight excluding hydrogens is 404 g/mol. The summed E-state index contributed by atoms with van der Waals surface area (Å²) in [5.41, 5.74) is 3.18. The molecule has 0 aromatic rings. The molecule has 0 saturated heterocycles. The Balaban J connectivity index is 0.00000144. The van der Waals surface area contributed by atoms with Gasteiger partial charge in [0, 0.05) is 0 Å². The fraction of sp³-hybridized carbons (Fsp3) is 0.429. The van der Waals surface area contributed by atoms with Crippen LogP contribution in [-0.4, -0.2) is 6.19 Å². The van der Waals surface area contributed by atoms with Crippen molar-refractivity contribution in [1.82, 2.24) is 0 Å². The maximum atomic E-state index is 2.52. The Labute approximate surface area is 138 Å². The second kappa shape index (κ2) is 8.21. The number of hydrogen-bond acceptors (Lipinski definition) is 0. The van der Waals surface area contributed by atoms with Gasteiger partial charge in [-0.3, -0.25) is 0 Å². The maximum absolute atomic E-state index is 2.52. The summed E-state index contributed by atoms with van der Waals surface area (Å²) in [7, 11) is 0. The zero-order valence-corrected chi connectivity index (χ0v) is 17.2. The summed E-state index contributed by atoms with van der Waals surface area (Å²) in [5, 5.41) is 0. The smallest absolute Gasteiger partial charge is 1.00 e. The van der Waals surface area contributed by atoms with Crippen molar-refractivity contribution in [3.05, 3.63) is 43.2 Å². The first-order valence-corrected chi connectivity index (χ1v) is 12.4. The second-order valence-corrected chi connectivity index (χ2v) is 16.7. The molecule has 0 aliphatic heterocycles. The van der Waals surface area contributed by atoms with E-state index in [1.165, 1.54) is 12.8 Å². The molecule has 0 fully saturated rings. The number of rotatable bonds is 2. The monoisotopic (exact) mass is 422 g/mol. The fourth-order valence-electron chi connectivity index (χ4n) is 2.61. The van der Waals surface area contributed by atoms with Crippen LogP contribution >= 0.6 is 0 Å². The van der Waals surface area contributed by atoms with E-state index in [4.69, 9.17) is 0 Å². The molecule has 0 saturated carbocycles. The van der Waals surface area contributed by atoms with Gasteiger partial charge in [-0.25, -0.2) is 0 Å². The van der Waals surface area contributed by atoms with Gasteiger partial charge in [0.1, 0.15) is 0 Å². The number of allylic oxidation sites excluding steroid dienone is 8. The van der Waals surface area contributed by atoms with Gasteiger partial charge in [0.2, 0.25) is 0 Å². The summed E-state index contributed by atoms with van der Waals surface area (Å²) in [5.74, 6) is 0. The van der Waals surface area contributed by atoms with Crippen molar-refractivity contribution in [2.75, 3.05) is 0 Å².